The second-order valence-electron chi connectivity index (χ2n) is 6.15. The number of hydrogen-bond acceptors (Lipinski definition) is 5. The summed E-state index contributed by atoms with van der Waals surface area (Å²) in [5, 5.41) is 14.7. The summed E-state index contributed by atoms with van der Waals surface area (Å²) in [6.45, 7) is 1.90. The summed E-state index contributed by atoms with van der Waals surface area (Å²) in [5.74, 6) is 0.195. The van der Waals surface area contributed by atoms with Crippen LogP contribution >= 0.6 is 24.0 Å². The van der Waals surface area contributed by atoms with E-state index in [2.05, 4.69) is 5.32 Å². The maximum absolute atomic E-state index is 12.5. The Labute approximate surface area is 157 Å². The third kappa shape index (κ3) is 4.54. The van der Waals surface area contributed by atoms with Crippen LogP contribution in [0, 0.1) is 10.1 Å². The molecule has 7 nitrogen and oxygen atoms in total. The average Bonchev–Trinajstić information content (AvgIpc) is 2.81. The van der Waals surface area contributed by atoms with E-state index in [1.165, 1.54) is 18.2 Å². The highest BCUT2D eigenvalue weighted by atomic mass is 35.5. The van der Waals surface area contributed by atoms with Gasteiger partial charge in [0.05, 0.1) is 18.0 Å². The molecule has 2 aliphatic heterocycles. The van der Waals surface area contributed by atoms with E-state index >= 15 is 0 Å². The molecule has 1 N–H and O–H groups in total. The number of benzene rings is 1. The number of nitro benzene ring substituents is 1. The Hall–Kier alpha value is -1.57. The molecule has 1 aromatic rings. The summed E-state index contributed by atoms with van der Waals surface area (Å²) in [5.41, 5.74) is -0.186. The zero-order valence-electron chi connectivity index (χ0n) is 13.7. The number of rotatable bonds is 5. The van der Waals surface area contributed by atoms with Crippen LogP contribution in [0.1, 0.15) is 25.7 Å². The van der Waals surface area contributed by atoms with Crippen LogP contribution in [-0.4, -0.2) is 47.5 Å². The first-order valence-corrected chi connectivity index (χ1v) is 8.52. The molecule has 9 heteroatoms. The molecule has 2 fully saturated rings. The van der Waals surface area contributed by atoms with E-state index in [1.807, 2.05) is 4.90 Å². The molecule has 2 bridgehead atoms. The van der Waals surface area contributed by atoms with Crippen LogP contribution in [0.2, 0.25) is 5.02 Å². The van der Waals surface area contributed by atoms with Crippen molar-refractivity contribution in [3.63, 3.8) is 0 Å². The number of amides is 1. The zero-order chi connectivity index (χ0) is 17.1. The minimum Gasteiger partial charge on any atom is -0.486 e. The third-order valence-electron chi connectivity index (χ3n) is 4.63. The monoisotopic (exact) mass is 389 g/mol. The van der Waals surface area contributed by atoms with Gasteiger partial charge < -0.3 is 15.0 Å². The Morgan fingerprint density at radius 2 is 2.12 bits per heavy atom. The Morgan fingerprint density at radius 1 is 1.36 bits per heavy atom. The lowest BCUT2D eigenvalue weighted by molar-refractivity contribution is -0.385. The summed E-state index contributed by atoms with van der Waals surface area (Å²) in [4.78, 5) is 25.0. The lowest BCUT2D eigenvalue weighted by atomic mass is 10.1. The quantitative estimate of drug-likeness (QED) is 0.617. The third-order valence-corrected chi connectivity index (χ3v) is 4.87. The summed E-state index contributed by atoms with van der Waals surface area (Å²) >= 11 is 5.77. The number of fused-ring (bicyclic) bond motifs is 2. The van der Waals surface area contributed by atoms with Crippen LogP contribution in [0.4, 0.5) is 5.69 Å². The van der Waals surface area contributed by atoms with Gasteiger partial charge in [-0.25, -0.2) is 0 Å². The molecule has 2 atom stereocenters. The number of halogens is 2. The summed E-state index contributed by atoms with van der Waals surface area (Å²) < 4.78 is 5.47. The van der Waals surface area contributed by atoms with Crippen molar-refractivity contribution in [1.82, 2.24) is 10.2 Å². The van der Waals surface area contributed by atoms with Gasteiger partial charge in [-0.05, 0) is 37.9 Å². The van der Waals surface area contributed by atoms with Crippen LogP contribution in [0.5, 0.6) is 5.75 Å². The van der Waals surface area contributed by atoms with Gasteiger partial charge in [0.1, 0.15) is 0 Å². The molecule has 0 saturated carbocycles. The normalized spacial score (nSPS) is 22.0. The largest absolute Gasteiger partial charge is 0.486 e. The molecule has 1 amide bonds. The smallest absolute Gasteiger partial charge is 0.312 e. The molecule has 2 aliphatic rings. The van der Waals surface area contributed by atoms with Gasteiger partial charge in [-0.2, -0.15) is 0 Å². The van der Waals surface area contributed by atoms with Crippen molar-refractivity contribution in [2.45, 2.75) is 37.8 Å². The lowest BCUT2D eigenvalue weighted by Crippen LogP contribution is -2.42. The van der Waals surface area contributed by atoms with E-state index in [-0.39, 0.29) is 53.8 Å². The van der Waals surface area contributed by atoms with Gasteiger partial charge in [0.25, 0.3) is 0 Å². The highest BCUT2D eigenvalue weighted by molar-refractivity contribution is 6.30. The van der Waals surface area contributed by atoms with Crippen LogP contribution in [0.3, 0.4) is 0 Å². The van der Waals surface area contributed by atoms with E-state index in [0.717, 1.165) is 32.4 Å². The summed E-state index contributed by atoms with van der Waals surface area (Å²) in [7, 11) is 0. The maximum Gasteiger partial charge on any atom is 0.312 e. The molecule has 0 spiro atoms. The number of nitrogens with zero attached hydrogens (tertiary/aromatic N) is 2. The van der Waals surface area contributed by atoms with Crippen LogP contribution < -0.4 is 10.1 Å². The van der Waals surface area contributed by atoms with Gasteiger partial charge in [-0.3, -0.25) is 14.9 Å². The first-order chi connectivity index (χ1) is 11.6. The molecule has 0 aromatic heterocycles. The number of carbonyl (C=O) groups excluding carboxylic acids is 1. The Kier molecular flexibility index (Phi) is 6.87. The Balaban J connectivity index is 0.00000225. The maximum atomic E-state index is 12.5. The highest BCUT2D eigenvalue weighted by Gasteiger charge is 2.37. The number of nitrogens with one attached hydrogen (secondary N) is 1. The van der Waals surface area contributed by atoms with Crippen molar-refractivity contribution in [3.05, 3.63) is 33.3 Å². The van der Waals surface area contributed by atoms with Crippen molar-refractivity contribution in [2.24, 2.45) is 0 Å². The molecule has 25 heavy (non-hydrogen) atoms. The van der Waals surface area contributed by atoms with Crippen molar-refractivity contribution < 1.29 is 14.5 Å². The first-order valence-electron chi connectivity index (χ1n) is 8.15. The molecular weight excluding hydrogens is 369 g/mol. The van der Waals surface area contributed by atoms with Gasteiger partial charge in [0, 0.05) is 29.7 Å². The predicted molar refractivity (Wildman–Crippen MR) is 96.6 cm³/mol. The molecule has 0 aliphatic carbocycles. The number of ether oxygens (including phenoxy) is 1. The SMILES string of the molecule is Cl.O=C(CCOc1ccc(Cl)cc1[N+](=O)[O-])N1C2CCNCC1CC2. The molecule has 2 saturated heterocycles. The highest BCUT2D eigenvalue weighted by Crippen LogP contribution is 2.31. The summed E-state index contributed by atoms with van der Waals surface area (Å²) in [6, 6.07) is 4.81. The van der Waals surface area contributed by atoms with Crippen molar-refractivity contribution in [1.29, 1.82) is 0 Å². The Bertz CT molecular complexity index is 630. The lowest BCUT2D eigenvalue weighted by Gasteiger charge is -2.27. The van der Waals surface area contributed by atoms with Crippen LogP contribution in [-0.2, 0) is 4.79 Å². The fraction of sp³-hybridized carbons (Fsp3) is 0.562. The molecular formula is C16H21Cl2N3O4. The fourth-order valence-electron chi connectivity index (χ4n) is 3.52. The van der Waals surface area contributed by atoms with Gasteiger partial charge in [-0.15, -0.1) is 12.4 Å². The number of hydrogen-bond donors (Lipinski definition) is 1. The summed E-state index contributed by atoms with van der Waals surface area (Å²) in [6.07, 6.45) is 3.28. The van der Waals surface area contributed by atoms with Crippen molar-refractivity contribution in [2.75, 3.05) is 19.7 Å². The van der Waals surface area contributed by atoms with Gasteiger partial charge >= 0.3 is 5.69 Å². The molecule has 3 rings (SSSR count). The van der Waals surface area contributed by atoms with E-state index in [0.29, 0.717) is 6.04 Å². The molecule has 2 heterocycles. The van der Waals surface area contributed by atoms with Crippen molar-refractivity contribution in [3.8, 4) is 5.75 Å². The molecule has 0 radical (unpaired) electrons. The molecule has 2 unspecified atom stereocenters. The van der Waals surface area contributed by atoms with Crippen molar-refractivity contribution >= 4 is 35.6 Å². The number of nitro groups is 1. The second-order valence-corrected chi connectivity index (χ2v) is 6.58. The van der Waals surface area contributed by atoms with Gasteiger partial charge in [0.15, 0.2) is 5.75 Å². The predicted octanol–water partition coefficient (Wildman–Crippen LogP) is 2.79. The van der Waals surface area contributed by atoms with E-state index in [1.54, 1.807) is 0 Å². The van der Waals surface area contributed by atoms with Gasteiger partial charge in [-0.1, -0.05) is 11.6 Å². The molecule has 138 valence electrons. The first kappa shape index (κ1) is 19.8. The second kappa shape index (κ2) is 8.69. The topological polar surface area (TPSA) is 84.7 Å². The van der Waals surface area contributed by atoms with Crippen LogP contribution in [0.15, 0.2) is 18.2 Å². The van der Waals surface area contributed by atoms with E-state index in [9.17, 15) is 14.9 Å². The van der Waals surface area contributed by atoms with Crippen LogP contribution in [0.25, 0.3) is 0 Å². The van der Waals surface area contributed by atoms with E-state index in [4.69, 9.17) is 16.3 Å². The minimum atomic E-state index is -0.538. The zero-order valence-corrected chi connectivity index (χ0v) is 15.2. The minimum absolute atomic E-state index is 0. The van der Waals surface area contributed by atoms with Gasteiger partial charge in [0.2, 0.25) is 5.91 Å². The Morgan fingerprint density at radius 3 is 2.88 bits per heavy atom. The average molecular weight is 390 g/mol. The van der Waals surface area contributed by atoms with E-state index < -0.39 is 4.92 Å². The fourth-order valence-corrected chi connectivity index (χ4v) is 3.69. The number of carbonyl (C=O) groups is 1. The standard InChI is InChI=1S/C16H20ClN3O4.ClH/c17-11-1-4-15(14(9-11)20(22)23)24-8-6-16(21)19-12-2-3-13(19)10-18-7-5-12;/h1,4,9,12-13,18H,2-3,5-8,10H2;1H. The molecule has 1 aromatic carbocycles.